The van der Waals surface area contributed by atoms with Gasteiger partial charge in [0, 0.05) is 31.6 Å². The molecule has 0 fully saturated rings. The van der Waals surface area contributed by atoms with E-state index in [1.54, 1.807) is 18.4 Å². The van der Waals surface area contributed by atoms with Crippen LogP contribution < -0.4 is 5.32 Å². The number of carbonyl (C=O) groups excluding carboxylic acids is 1. The van der Waals surface area contributed by atoms with Crippen molar-refractivity contribution in [2.24, 2.45) is 0 Å². The predicted molar refractivity (Wildman–Crippen MR) is 97.7 cm³/mol. The summed E-state index contributed by atoms with van der Waals surface area (Å²) in [5.74, 6) is -0.592. The quantitative estimate of drug-likeness (QED) is 0.719. The number of rotatable bonds is 6. The standard InChI is InChI=1S/C16H15BrFNO2S2/c1-22-15-7-6-13(8-14(15)18)19-16(20)10-23(21)9-11-2-4-12(17)5-3-11/h2-8H,9-10H2,1H3,(H,19,20)/t23-/m1/s1. The maximum absolute atomic E-state index is 13.6. The van der Waals surface area contributed by atoms with Crippen LogP contribution in [0.25, 0.3) is 0 Å². The Hall–Kier alpha value is -1.18. The van der Waals surface area contributed by atoms with Gasteiger partial charge in [0.2, 0.25) is 5.91 Å². The molecule has 3 nitrogen and oxygen atoms in total. The molecule has 0 aliphatic rings. The number of thioether (sulfide) groups is 1. The van der Waals surface area contributed by atoms with Crippen LogP contribution in [0.15, 0.2) is 51.8 Å². The molecule has 0 aliphatic heterocycles. The van der Waals surface area contributed by atoms with E-state index >= 15 is 0 Å². The monoisotopic (exact) mass is 415 g/mol. The van der Waals surface area contributed by atoms with E-state index < -0.39 is 16.7 Å². The first-order valence-electron chi connectivity index (χ1n) is 6.70. The lowest BCUT2D eigenvalue weighted by atomic mass is 10.2. The van der Waals surface area contributed by atoms with Gasteiger partial charge in [-0.05, 0) is 42.2 Å². The summed E-state index contributed by atoms with van der Waals surface area (Å²) in [7, 11) is -1.32. The van der Waals surface area contributed by atoms with Crippen LogP contribution in [0, 0.1) is 5.82 Å². The Labute approximate surface area is 149 Å². The Morgan fingerprint density at radius 2 is 1.96 bits per heavy atom. The number of benzene rings is 2. The van der Waals surface area contributed by atoms with Crippen LogP contribution in [-0.4, -0.2) is 22.1 Å². The summed E-state index contributed by atoms with van der Waals surface area (Å²) in [6, 6.07) is 11.9. The highest BCUT2D eigenvalue weighted by Crippen LogP contribution is 2.22. The third-order valence-electron chi connectivity index (χ3n) is 2.97. The number of halogens is 2. The third kappa shape index (κ3) is 5.75. The van der Waals surface area contributed by atoms with E-state index in [1.165, 1.54) is 17.8 Å². The molecule has 0 aliphatic carbocycles. The molecule has 0 heterocycles. The number of amides is 1. The lowest BCUT2D eigenvalue weighted by molar-refractivity contribution is -0.113. The fraction of sp³-hybridized carbons (Fsp3) is 0.188. The molecule has 2 aromatic carbocycles. The summed E-state index contributed by atoms with van der Waals surface area (Å²) < 4.78 is 26.6. The first-order chi connectivity index (χ1) is 11.0. The Bertz CT molecular complexity index is 723. The molecular formula is C16H15BrFNO2S2. The van der Waals surface area contributed by atoms with E-state index in [4.69, 9.17) is 0 Å². The zero-order valence-electron chi connectivity index (χ0n) is 12.3. The van der Waals surface area contributed by atoms with Crippen LogP contribution in [-0.2, 0) is 21.3 Å². The van der Waals surface area contributed by atoms with Crippen molar-refractivity contribution in [2.75, 3.05) is 17.3 Å². The second-order valence-electron chi connectivity index (χ2n) is 4.75. The van der Waals surface area contributed by atoms with Crippen LogP contribution in [0.3, 0.4) is 0 Å². The number of nitrogens with one attached hydrogen (secondary N) is 1. The van der Waals surface area contributed by atoms with Crippen LogP contribution >= 0.6 is 27.7 Å². The zero-order valence-corrected chi connectivity index (χ0v) is 15.6. The van der Waals surface area contributed by atoms with Crippen molar-refractivity contribution < 1.29 is 13.4 Å². The van der Waals surface area contributed by atoms with Gasteiger partial charge in [0.1, 0.15) is 11.6 Å². The lowest BCUT2D eigenvalue weighted by Gasteiger charge is -2.07. The lowest BCUT2D eigenvalue weighted by Crippen LogP contribution is -2.20. The second kappa shape index (κ2) is 8.61. The Morgan fingerprint density at radius 1 is 1.26 bits per heavy atom. The van der Waals surface area contributed by atoms with Gasteiger partial charge in [-0.15, -0.1) is 11.8 Å². The fourth-order valence-corrected chi connectivity index (χ4v) is 3.66. The molecule has 0 saturated heterocycles. The highest BCUT2D eigenvalue weighted by Gasteiger charge is 2.10. The number of hydrogen-bond donors (Lipinski definition) is 1. The molecule has 1 N–H and O–H groups in total. The van der Waals surface area contributed by atoms with E-state index in [2.05, 4.69) is 21.2 Å². The molecule has 1 atom stereocenters. The molecule has 23 heavy (non-hydrogen) atoms. The summed E-state index contributed by atoms with van der Waals surface area (Å²) in [5.41, 5.74) is 1.26. The van der Waals surface area contributed by atoms with Crippen molar-refractivity contribution in [1.82, 2.24) is 0 Å². The maximum Gasteiger partial charge on any atom is 0.237 e. The molecular weight excluding hydrogens is 401 g/mol. The summed E-state index contributed by atoms with van der Waals surface area (Å²) in [4.78, 5) is 12.4. The maximum atomic E-state index is 13.6. The molecule has 1 amide bonds. The molecule has 7 heteroatoms. The van der Waals surface area contributed by atoms with Gasteiger partial charge in [0.15, 0.2) is 0 Å². The number of carbonyl (C=O) groups is 1. The minimum Gasteiger partial charge on any atom is -0.325 e. The molecule has 2 rings (SSSR count). The van der Waals surface area contributed by atoms with E-state index in [-0.39, 0.29) is 11.6 Å². The van der Waals surface area contributed by atoms with E-state index in [1.807, 2.05) is 24.3 Å². The van der Waals surface area contributed by atoms with Gasteiger partial charge < -0.3 is 5.32 Å². The molecule has 0 aromatic heterocycles. The summed E-state index contributed by atoms with van der Waals surface area (Å²) in [6.07, 6.45) is 1.78. The number of anilines is 1. The summed E-state index contributed by atoms with van der Waals surface area (Å²) >= 11 is 4.63. The smallest absolute Gasteiger partial charge is 0.237 e. The molecule has 0 radical (unpaired) electrons. The van der Waals surface area contributed by atoms with E-state index in [9.17, 15) is 13.4 Å². The molecule has 0 saturated carbocycles. The van der Waals surface area contributed by atoms with Gasteiger partial charge in [-0.1, -0.05) is 28.1 Å². The van der Waals surface area contributed by atoms with Crippen LogP contribution in [0.5, 0.6) is 0 Å². The Kier molecular flexibility index (Phi) is 6.80. The molecule has 0 spiro atoms. The minimum absolute atomic E-state index is 0.123. The Morgan fingerprint density at radius 3 is 2.57 bits per heavy atom. The van der Waals surface area contributed by atoms with Crippen molar-refractivity contribution >= 4 is 50.1 Å². The van der Waals surface area contributed by atoms with Gasteiger partial charge in [-0.2, -0.15) is 0 Å². The van der Waals surface area contributed by atoms with Crippen LogP contribution in [0.4, 0.5) is 10.1 Å². The molecule has 0 unspecified atom stereocenters. The van der Waals surface area contributed by atoms with E-state index in [0.29, 0.717) is 16.3 Å². The average molecular weight is 416 g/mol. The Balaban J connectivity index is 1.90. The molecule has 122 valence electrons. The highest BCUT2D eigenvalue weighted by molar-refractivity contribution is 9.10. The summed E-state index contributed by atoms with van der Waals surface area (Å²) in [5, 5.41) is 2.57. The van der Waals surface area contributed by atoms with Gasteiger partial charge >= 0.3 is 0 Å². The SMILES string of the molecule is CSc1ccc(NC(=O)C[S@](=O)Cc2ccc(Br)cc2)cc1F. The van der Waals surface area contributed by atoms with E-state index in [0.717, 1.165) is 10.0 Å². The first-order valence-corrected chi connectivity index (χ1v) is 10.2. The van der Waals surface area contributed by atoms with Crippen molar-refractivity contribution in [3.05, 3.63) is 58.3 Å². The largest absolute Gasteiger partial charge is 0.325 e. The number of hydrogen-bond acceptors (Lipinski definition) is 3. The van der Waals surface area contributed by atoms with Crippen molar-refractivity contribution in [3.8, 4) is 0 Å². The molecule has 0 bridgehead atoms. The van der Waals surface area contributed by atoms with Crippen LogP contribution in [0.1, 0.15) is 5.56 Å². The topological polar surface area (TPSA) is 46.2 Å². The van der Waals surface area contributed by atoms with Crippen molar-refractivity contribution in [3.63, 3.8) is 0 Å². The summed E-state index contributed by atoms with van der Waals surface area (Å²) in [6.45, 7) is 0. The zero-order chi connectivity index (χ0) is 16.8. The average Bonchev–Trinajstić information content (AvgIpc) is 2.49. The highest BCUT2D eigenvalue weighted by atomic mass is 79.9. The van der Waals surface area contributed by atoms with Gasteiger partial charge in [0.05, 0.1) is 0 Å². The van der Waals surface area contributed by atoms with Gasteiger partial charge in [-0.25, -0.2) is 4.39 Å². The van der Waals surface area contributed by atoms with Gasteiger partial charge in [-0.3, -0.25) is 9.00 Å². The van der Waals surface area contributed by atoms with Crippen molar-refractivity contribution in [2.45, 2.75) is 10.6 Å². The predicted octanol–water partition coefficient (Wildman–Crippen LogP) is 4.20. The van der Waals surface area contributed by atoms with Crippen molar-refractivity contribution in [1.29, 1.82) is 0 Å². The first kappa shape index (κ1) is 18.2. The molecule has 2 aromatic rings. The minimum atomic E-state index is -1.32. The second-order valence-corrected chi connectivity index (χ2v) is 7.97. The normalized spacial score (nSPS) is 12.0. The third-order valence-corrected chi connectivity index (χ3v) is 5.51. The van der Waals surface area contributed by atoms with Crippen LogP contribution in [0.2, 0.25) is 0 Å². The van der Waals surface area contributed by atoms with Gasteiger partial charge in [0.25, 0.3) is 0 Å². The fourth-order valence-electron chi connectivity index (χ4n) is 1.90.